The molecular weight excluding hydrogens is 264 g/mol. The number of nitrogens with one attached hydrogen (secondary N) is 1. The first-order chi connectivity index (χ1) is 8.76. The summed E-state index contributed by atoms with van der Waals surface area (Å²) in [7, 11) is 0. The van der Waals surface area contributed by atoms with Crippen molar-refractivity contribution in [1.82, 2.24) is 5.32 Å². The van der Waals surface area contributed by atoms with Gasteiger partial charge < -0.3 is 15.8 Å². The monoisotopic (exact) mass is 288 g/mol. The van der Waals surface area contributed by atoms with E-state index in [4.69, 9.17) is 10.5 Å². The number of hydrogen-bond acceptors (Lipinski definition) is 3. The molecule has 1 heterocycles. The highest BCUT2D eigenvalue weighted by molar-refractivity contribution is 5.85. The summed E-state index contributed by atoms with van der Waals surface area (Å²) in [5.74, 6) is 2.62. The number of carbonyl (C=O) groups is 1. The molecule has 2 aliphatic carbocycles. The first-order valence-corrected chi connectivity index (χ1v) is 7.39. The molecule has 3 rings (SSSR count). The molecule has 1 aliphatic heterocycles. The van der Waals surface area contributed by atoms with Gasteiger partial charge in [-0.05, 0) is 49.9 Å². The molecule has 3 aliphatic rings. The average Bonchev–Trinajstić information content (AvgIpc) is 3.10. The Bertz CT molecular complexity index is 327. The van der Waals surface area contributed by atoms with Crippen LogP contribution in [0.4, 0.5) is 0 Å². The van der Waals surface area contributed by atoms with Crippen molar-refractivity contribution in [3.05, 3.63) is 0 Å². The van der Waals surface area contributed by atoms with Gasteiger partial charge in [-0.1, -0.05) is 6.42 Å². The summed E-state index contributed by atoms with van der Waals surface area (Å²) < 4.78 is 5.61. The van der Waals surface area contributed by atoms with Crippen molar-refractivity contribution < 1.29 is 9.53 Å². The van der Waals surface area contributed by atoms with E-state index < -0.39 is 0 Å². The lowest BCUT2D eigenvalue weighted by Crippen LogP contribution is -2.39. The summed E-state index contributed by atoms with van der Waals surface area (Å²) in [6.45, 7) is 1.38. The molecule has 5 heteroatoms. The van der Waals surface area contributed by atoms with Crippen molar-refractivity contribution in [1.29, 1.82) is 0 Å². The van der Waals surface area contributed by atoms with Gasteiger partial charge in [-0.3, -0.25) is 4.79 Å². The van der Waals surface area contributed by atoms with Crippen molar-refractivity contribution in [3.8, 4) is 0 Å². The van der Waals surface area contributed by atoms with Crippen molar-refractivity contribution in [2.45, 2.75) is 50.7 Å². The van der Waals surface area contributed by atoms with E-state index in [1.54, 1.807) is 0 Å². The van der Waals surface area contributed by atoms with Crippen LogP contribution in [0.15, 0.2) is 0 Å². The molecule has 2 bridgehead atoms. The third-order valence-electron chi connectivity index (χ3n) is 5.09. The van der Waals surface area contributed by atoms with E-state index in [9.17, 15) is 4.79 Å². The van der Waals surface area contributed by atoms with Crippen LogP contribution in [0.5, 0.6) is 0 Å². The van der Waals surface area contributed by atoms with Crippen LogP contribution in [0.2, 0.25) is 0 Å². The van der Waals surface area contributed by atoms with Gasteiger partial charge in [0.25, 0.3) is 0 Å². The molecule has 4 nitrogen and oxygen atoms in total. The van der Waals surface area contributed by atoms with Gasteiger partial charge >= 0.3 is 0 Å². The minimum atomic E-state index is -0.253. The Morgan fingerprint density at radius 2 is 2.05 bits per heavy atom. The molecule has 0 aromatic carbocycles. The molecule has 110 valence electrons. The second kappa shape index (κ2) is 6.42. The van der Waals surface area contributed by atoms with E-state index in [-0.39, 0.29) is 30.5 Å². The van der Waals surface area contributed by atoms with E-state index in [1.807, 2.05) is 0 Å². The maximum atomic E-state index is 12.0. The zero-order valence-electron chi connectivity index (χ0n) is 11.3. The SMILES string of the molecule is Cl.NC[C@H]1CC[C@@H](C(=O)NCC2CC3CCC2C3)O1. The predicted molar refractivity (Wildman–Crippen MR) is 76.1 cm³/mol. The number of carbonyl (C=O) groups excluding carboxylic acids is 1. The largest absolute Gasteiger partial charge is 0.364 e. The second-order valence-electron chi connectivity index (χ2n) is 6.24. The number of fused-ring (bicyclic) bond motifs is 2. The van der Waals surface area contributed by atoms with Crippen LogP contribution in [0.1, 0.15) is 38.5 Å². The van der Waals surface area contributed by atoms with Gasteiger partial charge in [0.1, 0.15) is 6.10 Å². The van der Waals surface area contributed by atoms with Crippen LogP contribution in [0.25, 0.3) is 0 Å². The van der Waals surface area contributed by atoms with Crippen molar-refractivity contribution >= 4 is 18.3 Å². The quantitative estimate of drug-likeness (QED) is 0.823. The first kappa shape index (κ1) is 15.1. The van der Waals surface area contributed by atoms with Crippen molar-refractivity contribution in [2.75, 3.05) is 13.1 Å². The summed E-state index contributed by atoms with van der Waals surface area (Å²) in [5.41, 5.74) is 5.55. The molecule has 0 spiro atoms. The van der Waals surface area contributed by atoms with Gasteiger partial charge in [0, 0.05) is 13.1 Å². The van der Waals surface area contributed by atoms with Gasteiger partial charge in [0.2, 0.25) is 5.91 Å². The third kappa shape index (κ3) is 3.23. The fourth-order valence-electron chi connectivity index (χ4n) is 4.04. The molecular formula is C14H25ClN2O2. The molecule has 1 amide bonds. The fourth-order valence-corrected chi connectivity index (χ4v) is 4.04. The number of amides is 1. The van der Waals surface area contributed by atoms with Gasteiger partial charge in [-0.15, -0.1) is 12.4 Å². The second-order valence-corrected chi connectivity index (χ2v) is 6.24. The Kier molecular flexibility index (Phi) is 5.09. The Balaban J connectivity index is 0.00000133. The Morgan fingerprint density at radius 1 is 1.21 bits per heavy atom. The van der Waals surface area contributed by atoms with E-state index in [2.05, 4.69) is 5.32 Å². The van der Waals surface area contributed by atoms with Crippen LogP contribution in [0.3, 0.4) is 0 Å². The number of nitrogens with two attached hydrogens (primary N) is 1. The number of hydrogen-bond donors (Lipinski definition) is 2. The van der Waals surface area contributed by atoms with Crippen LogP contribution < -0.4 is 11.1 Å². The van der Waals surface area contributed by atoms with E-state index in [0.717, 1.165) is 37.1 Å². The highest BCUT2D eigenvalue weighted by Gasteiger charge is 2.39. The summed E-state index contributed by atoms with van der Waals surface area (Å²) in [5, 5.41) is 3.09. The van der Waals surface area contributed by atoms with Crippen molar-refractivity contribution in [3.63, 3.8) is 0 Å². The standard InChI is InChI=1S/C14H24N2O2.ClH/c15-7-12-3-4-13(18-12)14(17)16-8-11-6-9-1-2-10(11)5-9;/h9-13H,1-8,15H2,(H,16,17);1H/t9?,10?,11?,12-,13+;/m1./s1. The van der Waals surface area contributed by atoms with Crippen molar-refractivity contribution in [2.24, 2.45) is 23.5 Å². The highest BCUT2D eigenvalue weighted by Crippen LogP contribution is 2.47. The molecule has 0 radical (unpaired) electrons. The molecule has 3 fully saturated rings. The molecule has 3 unspecified atom stereocenters. The topological polar surface area (TPSA) is 64.4 Å². The lowest BCUT2D eigenvalue weighted by molar-refractivity contribution is -0.132. The number of halogens is 1. The molecule has 0 aromatic heterocycles. The van der Waals surface area contributed by atoms with Gasteiger partial charge in [0.05, 0.1) is 6.10 Å². The minimum absolute atomic E-state index is 0. The van der Waals surface area contributed by atoms with Crippen LogP contribution in [-0.2, 0) is 9.53 Å². The Morgan fingerprint density at radius 3 is 2.63 bits per heavy atom. The highest BCUT2D eigenvalue weighted by atomic mass is 35.5. The van der Waals surface area contributed by atoms with Crippen LogP contribution in [0, 0.1) is 17.8 Å². The molecule has 19 heavy (non-hydrogen) atoms. The summed E-state index contributed by atoms with van der Waals surface area (Å²) in [6, 6.07) is 0. The molecule has 1 saturated heterocycles. The van der Waals surface area contributed by atoms with Gasteiger partial charge in [-0.2, -0.15) is 0 Å². The maximum absolute atomic E-state index is 12.0. The summed E-state index contributed by atoms with van der Waals surface area (Å²) in [6.07, 6.45) is 7.09. The minimum Gasteiger partial charge on any atom is -0.364 e. The lowest BCUT2D eigenvalue weighted by atomic mass is 9.89. The molecule has 2 saturated carbocycles. The predicted octanol–water partition coefficient (Wildman–Crippen LogP) is 1.47. The van der Waals surface area contributed by atoms with E-state index in [0.29, 0.717) is 6.54 Å². The zero-order chi connectivity index (χ0) is 12.5. The molecule has 5 atom stereocenters. The normalized spacial score (nSPS) is 40.2. The molecule has 0 aromatic rings. The van der Waals surface area contributed by atoms with Crippen LogP contribution >= 0.6 is 12.4 Å². The fraction of sp³-hybridized carbons (Fsp3) is 0.929. The molecule has 3 N–H and O–H groups in total. The number of ether oxygens (including phenoxy) is 1. The zero-order valence-corrected chi connectivity index (χ0v) is 12.2. The van der Waals surface area contributed by atoms with Crippen LogP contribution in [-0.4, -0.2) is 31.2 Å². The maximum Gasteiger partial charge on any atom is 0.249 e. The third-order valence-corrected chi connectivity index (χ3v) is 5.09. The average molecular weight is 289 g/mol. The summed E-state index contributed by atoms with van der Waals surface area (Å²) >= 11 is 0. The smallest absolute Gasteiger partial charge is 0.249 e. The van der Waals surface area contributed by atoms with E-state index in [1.165, 1.54) is 25.7 Å². The lowest BCUT2D eigenvalue weighted by Gasteiger charge is -2.22. The number of rotatable bonds is 4. The first-order valence-electron chi connectivity index (χ1n) is 7.39. The van der Waals surface area contributed by atoms with Gasteiger partial charge in [-0.25, -0.2) is 0 Å². The van der Waals surface area contributed by atoms with E-state index >= 15 is 0 Å². The van der Waals surface area contributed by atoms with Gasteiger partial charge in [0.15, 0.2) is 0 Å². The summed E-state index contributed by atoms with van der Waals surface area (Å²) in [4.78, 5) is 12.0. The Labute approximate surface area is 121 Å². The Hall–Kier alpha value is -0.320.